The summed E-state index contributed by atoms with van der Waals surface area (Å²) in [4.78, 5) is 0. The Balaban J connectivity index is 1.67. The van der Waals surface area contributed by atoms with Crippen LogP contribution in [0.15, 0.2) is 102 Å². The van der Waals surface area contributed by atoms with Crippen LogP contribution < -0.4 is 4.57 Å². The molecule has 0 aliphatic carbocycles. The van der Waals surface area contributed by atoms with Gasteiger partial charge < -0.3 is 4.42 Å². The van der Waals surface area contributed by atoms with Gasteiger partial charge in [-0.05, 0) is 70.8 Å². The van der Waals surface area contributed by atoms with Gasteiger partial charge in [0, 0.05) is 28.0 Å². The summed E-state index contributed by atoms with van der Waals surface area (Å²) < 4.78 is 18.3. The average Bonchev–Trinajstić information content (AvgIpc) is 3.32. The summed E-state index contributed by atoms with van der Waals surface area (Å²) in [6, 6.07) is 31.3. The molecule has 7 rings (SSSR count). The van der Waals surface area contributed by atoms with Crippen LogP contribution in [0.4, 0.5) is 0 Å². The molecule has 2 heterocycles. The van der Waals surface area contributed by atoms with E-state index >= 15 is 0 Å². The van der Waals surface area contributed by atoms with Crippen LogP contribution in [0, 0.1) is 25.2 Å². The van der Waals surface area contributed by atoms with Crippen molar-refractivity contribution in [3.05, 3.63) is 114 Å². The molecule has 0 saturated carbocycles. The van der Waals surface area contributed by atoms with Crippen molar-refractivity contribution in [2.45, 2.75) is 13.8 Å². The molecule has 0 radical (unpaired) electrons. The van der Waals surface area contributed by atoms with E-state index in [2.05, 4.69) is 74.1 Å². The van der Waals surface area contributed by atoms with Crippen molar-refractivity contribution in [3.8, 4) is 28.5 Å². The van der Waals surface area contributed by atoms with Gasteiger partial charge in [-0.3, -0.25) is 0 Å². The highest BCUT2D eigenvalue weighted by molar-refractivity contribution is 6.19. The van der Waals surface area contributed by atoms with Gasteiger partial charge in [-0.25, -0.2) is 4.57 Å². The zero-order valence-electron chi connectivity index (χ0n) is 22.5. The van der Waals surface area contributed by atoms with Crippen molar-refractivity contribution in [2.24, 2.45) is 7.05 Å². The maximum atomic E-state index is 10.3. The zero-order valence-corrected chi connectivity index (χ0v) is 21.5. The van der Waals surface area contributed by atoms with E-state index in [4.69, 9.17) is 4.42 Å². The van der Waals surface area contributed by atoms with Gasteiger partial charge in [0.15, 0.2) is 6.20 Å². The second-order valence-electron chi connectivity index (χ2n) is 10.0. The molecule has 0 amide bonds. The fraction of sp³-hybridized carbons (Fsp3) is 0.0857. The molecule has 0 aliphatic rings. The lowest BCUT2D eigenvalue weighted by molar-refractivity contribution is -0.660. The van der Waals surface area contributed by atoms with Crippen LogP contribution >= 0.6 is 0 Å². The molecular weight excluding hydrogens is 464 g/mol. The number of rotatable bonds is 2. The molecule has 3 heteroatoms. The summed E-state index contributed by atoms with van der Waals surface area (Å²) in [5.74, 6) is 0. The number of aryl methyl sites for hydroxylation is 3. The van der Waals surface area contributed by atoms with Crippen molar-refractivity contribution in [1.29, 1.82) is 5.26 Å². The summed E-state index contributed by atoms with van der Waals surface area (Å²) in [6.07, 6.45) is 2.11. The molecule has 180 valence electrons. The predicted molar refractivity (Wildman–Crippen MR) is 155 cm³/mol. The van der Waals surface area contributed by atoms with Gasteiger partial charge in [0.25, 0.3) is 0 Å². The number of nitriles is 1. The second-order valence-corrected chi connectivity index (χ2v) is 10.0. The Morgan fingerprint density at radius 1 is 0.737 bits per heavy atom. The third-order valence-electron chi connectivity index (χ3n) is 7.60. The standard InChI is InChI=1S/C35H25N2O/c1-21-12-17-31(37(3)20-21)32-22(2)13-15-28-29-16-14-24(19-36)33(35(29)38-34(28)32)30-18-23-8-4-5-9-25(23)26-10-6-7-11-27(26)30/h4-18,20H,1-3H3/q+1/i18D. The van der Waals surface area contributed by atoms with Crippen molar-refractivity contribution in [3.63, 3.8) is 0 Å². The van der Waals surface area contributed by atoms with E-state index in [0.29, 0.717) is 22.8 Å². The van der Waals surface area contributed by atoms with Crippen LogP contribution in [0.3, 0.4) is 0 Å². The summed E-state index contributed by atoms with van der Waals surface area (Å²) in [5, 5.41) is 16.1. The van der Waals surface area contributed by atoms with Crippen molar-refractivity contribution in [2.75, 3.05) is 0 Å². The molecule has 0 spiro atoms. The number of fused-ring (bicyclic) bond motifs is 6. The Morgan fingerprint density at radius 3 is 2.18 bits per heavy atom. The van der Waals surface area contributed by atoms with Crippen LogP contribution in [0.2, 0.25) is 0 Å². The minimum atomic E-state index is 0.398. The third-order valence-corrected chi connectivity index (χ3v) is 7.60. The lowest BCUT2D eigenvalue weighted by Gasteiger charge is -2.12. The topological polar surface area (TPSA) is 40.8 Å². The Hall–Kier alpha value is -4.94. The van der Waals surface area contributed by atoms with Gasteiger partial charge in [-0.15, -0.1) is 0 Å². The summed E-state index contributed by atoms with van der Waals surface area (Å²) in [5.41, 5.74) is 7.71. The first kappa shape index (κ1) is 21.2. The van der Waals surface area contributed by atoms with E-state index in [9.17, 15) is 6.63 Å². The first-order valence-electron chi connectivity index (χ1n) is 13.2. The number of hydrogen-bond acceptors (Lipinski definition) is 2. The molecule has 5 aromatic carbocycles. The highest BCUT2D eigenvalue weighted by Gasteiger charge is 2.24. The van der Waals surface area contributed by atoms with Gasteiger partial charge in [-0.2, -0.15) is 5.26 Å². The smallest absolute Gasteiger partial charge is 0.216 e. The molecule has 38 heavy (non-hydrogen) atoms. The minimum Gasteiger partial charge on any atom is -0.454 e. The SMILES string of the molecule is [2H]c1c(-c2c(C#N)ccc3c2oc2c(-c4ccc(C)c[n+]4C)c(C)ccc23)c2ccccc2c2ccccc12. The Kier molecular flexibility index (Phi) is 4.62. The monoisotopic (exact) mass is 490 g/mol. The fourth-order valence-electron chi connectivity index (χ4n) is 5.83. The molecule has 0 bridgehead atoms. The summed E-state index contributed by atoms with van der Waals surface area (Å²) in [7, 11) is 2.05. The first-order valence-corrected chi connectivity index (χ1v) is 12.7. The molecule has 0 N–H and O–H groups in total. The number of hydrogen-bond donors (Lipinski definition) is 0. The second kappa shape index (κ2) is 8.30. The van der Waals surface area contributed by atoms with Crippen LogP contribution in [0.25, 0.3) is 65.9 Å². The van der Waals surface area contributed by atoms with E-state index in [-0.39, 0.29) is 0 Å². The van der Waals surface area contributed by atoms with Gasteiger partial charge in [-0.1, -0.05) is 60.7 Å². The molecular formula is C35H25N2O+. The molecule has 0 unspecified atom stereocenters. The van der Waals surface area contributed by atoms with Gasteiger partial charge in [0.2, 0.25) is 5.69 Å². The van der Waals surface area contributed by atoms with E-state index in [1.807, 2.05) is 48.5 Å². The van der Waals surface area contributed by atoms with Crippen LogP contribution in [0.5, 0.6) is 0 Å². The van der Waals surface area contributed by atoms with Crippen molar-refractivity contribution < 1.29 is 10.4 Å². The van der Waals surface area contributed by atoms with E-state index in [1.165, 1.54) is 5.56 Å². The van der Waals surface area contributed by atoms with Gasteiger partial charge in [0.05, 0.1) is 18.6 Å². The van der Waals surface area contributed by atoms with Gasteiger partial charge >= 0.3 is 0 Å². The molecule has 0 saturated heterocycles. The Bertz CT molecular complexity index is 2180. The molecule has 0 aliphatic heterocycles. The summed E-state index contributed by atoms with van der Waals surface area (Å²) in [6.45, 7) is 4.18. The quantitative estimate of drug-likeness (QED) is 0.180. The van der Waals surface area contributed by atoms with Crippen LogP contribution in [-0.2, 0) is 7.05 Å². The molecule has 0 fully saturated rings. The molecule has 0 atom stereocenters. The number of pyridine rings is 1. The lowest BCUT2D eigenvalue weighted by atomic mass is 9.90. The van der Waals surface area contributed by atoms with Crippen LogP contribution in [0.1, 0.15) is 18.1 Å². The number of benzene rings is 5. The largest absolute Gasteiger partial charge is 0.454 e. The lowest BCUT2D eigenvalue weighted by Crippen LogP contribution is -2.31. The van der Waals surface area contributed by atoms with E-state index in [0.717, 1.165) is 60.3 Å². The number of furan rings is 1. The number of nitrogens with zero attached hydrogens (tertiary/aromatic N) is 2. The number of aromatic nitrogens is 1. The Morgan fingerprint density at radius 2 is 1.42 bits per heavy atom. The Labute approximate surface area is 222 Å². The van der Waals surface area contributed by atoms with Crippen molar-refractivity contribution >= 4 is 43.5 Å². The fourth-order valence-corrected chi connectivity index (χ4v) is 5.83. The summed E-state index contributed by atoms with van der Waals surface area (Å²) >= 11 is 0. The van der Waals surface area contributed by atoms with E-state index < -0.39 is 0 Å². The zero-order chi connectivity index (χ0) is 26.8. The highest BCUT2D eigenvalue weighted by atomic mass is 16.3. The van der Waals surface area contributed by atoms with Crippen LogP contribution in [-0.4, -0.2) is 0 Å². The molecule has 3 nitrogen and oxygen atoms in total. The van der Waals surface area contributed by atoms with Crippen molar-refractivity contribution in [1.82, 2.24) is 0 Å². The third kappa shape index (κ3) is 3.17. The average molecular weight is 491 g/mol. The first-order chi connectivity index (χ1) is 19.0. The minimum absolute atomic E-state index is 0.398. The highest BCUT2D eigenvalue weighted by Crippen LogP contribution is 2.44. The maximum Gasteiger partial charge on any atom is 0.216 e. The molecule has 2 aromatic heterocycles. The van der Waals surface area contributed by atoms with E-state index in [1.54, 1.807) is 0 Å². The normalized spacial score (nSPS) is 11.9. The maximum absolute atomic E-state index is 10.3. The van der Waals surface area contributed by atoms with Gasteiger partial charge in [0.1, 0.15) is 18.2 Å². The molecule has 7 aromatic rings. The predicted octanol–water partition coefficient (Wildman–Crippen LogP) is 8.54.